The summed E-state index contributed by atoms with van der Waals surface area (Å²) in [7, 11) is -1.58. The van der Waals surface area contributed by atoms with Gasteiger partial charge in [0, 0.05) is 19.6 Å². The van der Waals surface area contributed by atoms with E-state index in [0.29, 0.717) is 12.4 Å². The van der Waals surface area contributed by atoms with E-state index in [9.17, 15) is 8.42 Å². The molecule has 0 fully saturated rings. The molecule has 0 saturated carbocycles. The van der Waals surface area contributed by atoms with Gasteiger partial charge in [-0.15, -0.1) is 10.2 Å². The third kappa shape index (κ3) is 4.11. The zero-order valence-corrected chi connectivity index (χ0v) is 14.6. The summed E-state index contributed by atoms with van der Waals surface area (Å²) in [5, 5.41) is 8.30. The van der Waals surface area contributed by atoms with Crippen molar-refractivity contribution in [3.05, 3.63) is 41.5 Å². The fraction of sp³-hybridized carbons (Fsp3) is 0.467. The molecule has 0 spiro atoms. The van der Waals surface area contributed by atoms with Gasteiger partial charge in [0.15, 0.2) is 0 Å². The topological polar surface area (TPSA) is 89.4 Å². The molecule has 0 radical (unpaired) electrons. The minimum Gasteiger partial charge on any atom is -0.497 e. The first-order valence-corrected chi connectivity index (χ1v) is 9.54. The van der Waals surface area contributed by atoms with Gasteiger partial charge in [-0.2, -0.15) is 0 Å². The van der Waals surface area contributed by atoms with E-state index in [2.05, 4.69) is 32.0 Å². The van der Waals surface area contributed by atoms with Gasteiger partial charge in [-0.25, -0.2) is 13.1 Å². The second-order valence-corrected chi connectivity index (χ2v) is 7.67. The van der Waals surface area contributed by atoms with Gasteiger partial charge >= 0.3 is 0 Å². The molecule has 8 nitrogen and oxygen atoms in total. The van der Waals surface area contributed by atoms with Crippen LogP contribution in [0.4, 0.5) is 0 Å². The first-order chi connectivity index (χ1) is 11.4. The molecule has 9 heteroatoms. The molecule has 0 saturated heterocycles. The van der Waals surface area contributed by atoms with Crippen LogP contribution in [0, 0.1) is 0 Å². The predicted octanol–water partition coefficient (Wildman–Crippen LogP) is 0.352. The lowest BCUT2D eigenvalue weighted by Gasteiger charge is -2.27. The van der Waals surface area contributed by atoms with Gasteiger partial charge in [-0.3, -0.25) is 4.90 Å². The molecule has 2 aromatic rings. The minimum atomic E-state index is -3.24. The van der Waals surface area contributed by atoms with Gasteiger partial charge in [0.2, 0.25) is 10.0 Å². The maximum Gasteiger partial charge on any atom is 0.209 e. The number of hydrogen-bond acceptors (Lipinski definition) is 6. The van der Waals surface area contributed by atoms with Crippen LogP contribution in [0.1, 0.15) is 17.2 Å². The molecule has 1 N–H and O–H groups in total. The van der Waals surface area contributed by atoms with Crippen molar-refractivity contribution >= 4 is 10.0 Å². The van der Waals surface area contributed by atoms with E-state index >= 15 is 0 Å². The largest absolute Gasteiger partial charge is 0.497 e. The van der Waals surface area contributed by atoms with Crippen LogP contribution in [-0.2, 0) is 36.2 Å². The number of rotatable bonds is 6. The van der Waals surface area contributed by atoms with Crippen LogP contribution < -0.4 is 9.46 Å². The van der Waals surface area contributed by atoms with Crippen LogP contribution in [0.3, 0.4) is 0 Å². The van der Waals surface area contributed by atoms with Crippen LogP contribution in [0.15, 0.2) is 24.3 Å². The third-order valence-corrected chi connectivity index (χ3v) is 4.64. The van der Waals surface area contributed by atoms with E-state index in [1.165, 1.54) is 5.56 Å². The van der Waals surface area contributed by atoms with E-state index in [-0.39, 0.29) is 6.54 Å². The lowest BCUT2D eigenvalue weighted by atomic mass is 10.2. The molecule has 24 heavy (non-hydrogen) atoms. The number of benzene rings is 1. The van der Waals surface area contributed by atoms with E-state index < -0.39 is 10.0 Å². The number of nitrogens with one attached hydrogen (secondary N) is 1. The van der Waals surface area contributed by atoms with Gasteiger partial charge < -0.3 is 9.30 Å². The molecule has 0 bridgehead atoms. The SMILES string of the molecule is COc1ccc(CN2CCn3c(CNS(C)(=O)=O)nnc3C2)cc1. The first-order valence-electron chi connectivity index (χ1n) is 7.65. The Bertz CT molecular complexity index is 801. The average molecular weight is 351 g/mol. The Morgan fingerprint density at radius 3 is 2.62 bits per heavy atom. The van der Waals surface area contributed by atoms with Crippen molar-refractivity contribution in [1.82, 2.24) is 24.4 Å². The Morgan fingerprint density at radius 2 is 1.96 bits per heavy atom. The van der Waals surface area contributed by atoms with Crippen molar-refractivity contribution in [1.29, 1.82) is 0 Å². The van der Waals surface area contributed by atoms with Crippen molar-refractivity contribution in [2.24, 2.45) is 0 Å². The van der Waals surface area contributed by atoms with Crippen molar-refractivity contribution in [2.45, 2.75) is 26.2 Å². The quantitative estimate of drug-likeness (QED) is 0.808. The Kier molecular flexibility index (Phi) is 4.83. The van der Waals surface area contributed by atoms with Crippen LogP contribution in [0.5, 0.6) is 5.75 Å². The number of nitrogens with zero attached hydrogens (tertiary/aromatic N) is 4. The van der Waals surface area contributed by atoms with E-state index in [1.54, 1.807) is 7.11 Å². The normalized spacial score (nSPS) is 15.2. The second kappa shape index (κ2) is 6.88. The zero-order chi connectivity index (χ0) is 17.2. The molecule has 1 aromatic carbocycles. The van der Waals surface area contributed by atoms with Gasteiger partial charge in [-0.05, 0) is 17.7 Å². The van der Waals surface area contributed by atoms with Crippen LogP contribution in [-0.4, -0.2) is 48.0 Å². The molecule has 130 valence electrons. The van der Waals surface area contributed by atoms with E-state index in [1.807, 2.05) is 16.7 Å². The molecule has 1 aliphatic heterocycles. The number of ether oxygens (including phenoxy) is 1. The van der Waals surface area contributed by atoms with Gasteiger partial charge in [-0.1, -0.05) is 12.1 Å². The summed E-state index contributed by atoms with van der Waals surface area (Å²) in [6.45, 7) is 3.30. The zero-order valence-electron chi connectivity index (χ0n) is 13.8. The molecule has 0 amide bonds. The second-order valence-electron chi connectivity index (χ2n) is 5.84. The van der Waals surface area contributed by atoms with Crippen molar-refractivity contribution in [3.63, 3.8) is 0 Å². The van der Waals surface area contributed by atoms with Crippen LogP contribution in [0.25, 0.3) is 0 Å². The maximum absolute atomic E-state index is 11.2. The highest BCUT2D eigenvalue weighted by atomic mass is 32.2. The average Bonchev–Trinajstić information content (AvgIpc) is 2.95. The molecular formula is C15H21N5O3S. The molecule has 3 rings (SSSR count). The standard InChI is InChI=1S/C15H21N5O3S/c1-23-13-5-3-12(4-6-13)10-19-7-8-20-14(9-16-24(2,21)22)17-18-15(20)11-19/h3-6,16H,7-11H2,1-2H3. The lowest BCUT2D eigenvalue weighted by Crippen LogP contribution is -2.34. The molecule has 0 aliphatic carbocycles. The Morgan fingerprint density at radius 1 is 1.21 bits per heavy atom. The molecular weight excluding hydrogens is 330 g/mol. The van der Waals surface area contributed by atoms with Crippen molar-refractivity contribution in [2.75, 3.05) is 19.9 Å². The third-order valence-electron chi connectivity index (χ3n) is 3.97. The summed E-state index contributed by atoms with van der Waals surface area (Å²) in [4.78, 5) is 2.29. The molecule has 0 unspecified atom stereocenters. The Balaban J connectivity index is 1.63. The molecule has 1 aliphatic rings. The summed E-state index contributed by atoms with van der Waals surface area (Å²) in [5.41, 5.74) is 1.21. The minimum absolute atomic E-state index is 0.171. The molecule has 0 atom stereocenters. The van der Waals surface area contributed by atoms with Gasteiger partial charge in [0.1, 0.15) is 17.4 Å². The fourth-order valence-corrected chi connectivity index (χ4v) is 3.11. The molecule has 1 aromatic heterocycles. The van der Waals surface area contributed by atoms with Gasteiger partial charge in [0.25, 0.3) is 0 Å². The highest BCUT2D eigenvalue weighted by Gasteiger charge is 2.21. The van der Waals surface area contributed by atoms with E-state index in [4.69, 9.17) is 4.74 Å². The first kappa shape index (κ1) is 16.9. The number of sulfonamides is 1. The number of fused-ring (bicyclic) bond motifs is 1. The number of methoxy groups -OCH3 is 1. The monoisotopic (exact) mass is 351 g/mol. The van der Waals surface area contributed by atoms with Crippen molar-refractivity contribution < 1.29 is 13.2 Å². The Labute approximate surface area is 141 Å². The summed E-state index contributed by atoms with van der Waals surface area (Å²) < 4.78 is 32.0. The van der Waals surface area contributed by atoms with Gasteiger partial charge in [0.05, 0.1) is 26.5 Å². The molecule has 2 heterocycles. The summed E-state index contributed by atoms with van der Waals surface area (Å²) in [5.74, 6) is 2.36. The summed E-state index contributed by atoms with van der Waals surface area (Å²) in [6, 6.07) is 8.02. The van der Waals surface area contributed by atoms with Crippen LogP contribution in [0.2, 0.25) is 0 Å². The summed E-state index contributed by atoms with van der Waals surface area (Å²) in [6.07, 6.45) is 1.14. The van der Waals surface area contributed by atoms with E-state index in [0.717, 1.165) is 37.5 Å². The lowest BCUT2D eigenvalue weighted by molar-refractivity contribution is 0.207. The number of hydrogen-bond donors (Lipinski definition) is 1. The highest BCUT2D eigenvalue weighted by molar-refractivity contribution is 7.88. The van der Waals surface area contributed by atoms with Crippen molar-refractivity contribution in [3.8, 4) is 5.75 Å². The Hall–Kier alpha value is -1.97. The fourth-order valence-electron chi connectivity index (χ4n) is 2.72. The predicted molar refractivity (Wildman–Crippen MR) is 88.8 cm³/mol. The summed E-state index contributed by atoms with van der Waals surface area (Å²) >= 11 is 0. The number of aromatic nitrogens is 3. The highest BCUT2D eigenvalue weighted by Crippen LogP contribution is 2.17. The van der Waals surface area contributed by atoms with Crippen LogP contribution >= 0.6 is 0 Å². The maximum atomic E-state index is 11.2. The smallest absolute Gasteiger partial charge is 0.209 e.